The molecule has 0 rings (SSSR count). The minimum absolute atomic E-state index is 0. The molecular formula is C6H14Pt+2. The van der Waals surface area contributed by atoms with Crippen LogP contribution in [0.5, 0.6) is 0 Å². The standard InChI is InChI=1S/C6H14.Pt/c1-3-5-6-4-2;/h3-6H2,1-2H3;/q;+2. The quantitative estimate of drug-likeness (QED) is 0.698. The zero-order chi connectivity index (χ0) is 4.83. The van der Waals surface area contributed by atoms with E-state index in [2.05, 4.69) is 13.8 Å². The Labute approximate surface area is 61.0 Å². The van der Waals surface area contributed by atoms with E-state index in [9.17, 15) is 0 Å². The van der Waals surface area contributed by atoms with Gasteiger partial charge in [-0.25, -0.2) is 0 Å². The van der Waals surface area contributed by atoms with Crippen LogP contribution in [-0.4, -0.2) is 0 Å². The van der Waals surface area contributed by atoms with Crippen molar-refractivity contribution in [1.29, 1.82) is 0 Å². The molecule has 0 fully saturated rings. The van der Waals surface area contributed by atoms with Gasteiger partial charge in [-0.15, -0.1) is 0 Å². The predicted octanol–water partition coefficient (Wildman–Crippen LogP) is 2.58. The third-order valence-corrected chi connectivity index (χ3v) is 0.957. The van der Waals surface area contributed by atoms with Gasteiger partial charge in [0.2, 0.25) is 0 Å². The Morgan fingerprint density at radius 2 is 1.14 bits per heavy atom. The number of hydrogen-bond donors (Lipinski definition) is 0. The van der Waals surface area contributed by atoms with E-state index in [1.54, 1.807) is 0 Å². The molecule has 1 heteroatoms. The maximum Gasteiger partial charge on any atom is 2.00 e. The molecule has 0 aliphatic heterocycles. The normalized spacial score (nSPS) is 7.71. The Morgan fingerprint density at radius 1 is 0.857 bits per heavy atom. The van der Waals surface area contributed by atoms with Crippen LogP contribution >= 0.6 is 0 Å². The van der Waals surface area contributed by atoms with E-state index < -0.39 is 0 Å². The Hall–Kier alpha value is 0.688. The predicted molar refractivity (Wildman–Crippen MR) is 29.8 cm³/mol. The van der Waals surface area contributed by atoms with Crippen molar-refractivity contribution in [3.05, 3.63) is 0 Å². The summed E-state index contributed by atoms with van der Waals surface area (Å²) in [6.07, 6.45) is 5.54. The summed E-state index contributed by atoms with van der Waals surface area (Å²) >= 11 is 0. The van der Waals surface area contributed by atoms with Crippen LogP contribution in [0.25, 0.3) is 0 Å². The van der Waals surface area contributed by atoms with Gasteiger partial charge in [-0.2, -0.15) is 0 Å². The van der Waals surface area contributed by atoms with E-state index in [0.717, 1.165) is 0 Å². The van der Waals surface area contributed by atoms with Crippen LogP contribution in [0.15, 0.2) is 0 Å². The Kier molecular flexibility index (Phi) is 15.0. The topological polar surface area (TPSA) is 0 Å². The molecule has 0 amide bonds. The van der Waals surface area contributed by atoms with Crippen LogP contribution in [0.3, 0.4) is 0 Å². The Morgan fingerprint density at radius 3 is 1.29 bits per heavy atom. The van der Waals surface area contributed by atoms with Crippen molar-refractivity contribution in [1.82, 2.24) is 0 Å². The van der Waals surface area contributed by atoms with E-state index in [1.807, 2.05) is 0 Å². The summed E-state index contributed by atoms with van der Waals surface area (Å²) in [5.41, 5.74) is 0. The maximum absolute atomic E-state index is 2.23. The molecule has 0 atom stereocenters. The molecule has 0 nitrogen and oxygen atoms in total. The van der Waals surface area contributed by atoms with Crippen LogP contribution in [0.1, 0.15) is 39.5 Å². The van der Waals surface area contributed by atoms with Gasteiger partial charge in [-0.3, -0.25) is 0 Å². The number of hydrogen-bond acceptors (Lipinski definition) is 0. The summed E-state index contributed by atoms with van der Waals surface area (Å²) in [7, 11) is 0. The monoisotopic (exact) mass is 281 g/mol. The maximum atomic E-state index is 2.23. The second kappa shape index (κ2) is 9.85. The molecule has 7 heavy (non-hydrogen) atoms. The summed E-state index contributed by atoms with van der Waals surface area (Å²) in [5, 5.41) is 0. The molecule has 46 valence electrons. The number of unbranched alkanes of at least 4 members (excludes halogenated alkanes) is 3. The van der Waals surface area contributed by atoms with E-state index >= 15 is 0 Å². The summed E-state index contributed by atoms with van der Waals surface area (Å²) in [6, 6.07) is 0. The van der Waals surface area contributed by atoms with Gasteiger partial charge < -0.3 is 0 Å². The van der Waals surface area contributed by atoms with Gasteiger partial charge in [0.1, 0.15) is 0 Å². The summed E-state index contributed by atoms with van der Waals surface area (Å²) < 4.78 is 0. The van der Waals surface area contributed by atoms with Gasteiger partial charge in [0.05, 0.1) is 0 Å². The first-order valence-corrected chi connectivity index (χ1v) is 2.91. The molecule has 0 aromatic heterocycles. The first kappa shape index (κ1) is 10.6. The fraction of sp³-hybridized carbons (Fsp3) is 1.00. The Balaban J connectivity index is 0. The molecule has 0 saturated carbocycles. The first-order valence-electron chi connectivity index (χ1n) is 2.91. The van der Waals surface area contributed by atoms with Crippen molar-refractivity contribution in [3.8, 4) is 0 Å². The molecule has 0 N–H and O–H groups in total. The summed E-state index contributed by atoms with van der Waals surface area (Å²) in [4.78, 5) is 0. The molecule has 0 radical (unpaired) electrons. The fourth-order valence-electron chi connectivity index (χ4n) is 0.500. The fourth-order valence-corrected chi connectivity index (χ4v) is 0.500. The summed E-state index contributed by atoms with van der Waals surface area (Å²) in [5.74, 6) is 0. The first-order chi connectivity index (χ1) is 2.91. The second-order valence-corrected chi connectivity index (χ2v) is 1.71. The zero-order valence-electron chi connectivity index (χ0n) is 5.14. The molecule has 0 bridgehead atoms. The van der Waals surface area contributed by atoms with Crippen molar-refractivity contribution in [2.45, 2.75) is 39.5 Å². The molecule has 0 heterocycles. The summed E-state index contributed by atoms with van der Waals surface area (Å²) in [6.45, 7) is 4.46. The van der Waals surface area contributed by atoms with Crippen molar-refractivity contribution in [2.75, 3.05) is 0 Å². The Bertz CT molecular complexity index is 16.1. The third kappa shape index (κ3) is 10.8. The smallest absolute Gasteiger partial charge is 0.0654 e. The van der Waals surface area contributed by atoms with Gasteiger partial charge in [-0.05, 0) is 0 Å². The van der Waals surface area contributed by atoms with Crippen LogP contribution in [0, 0.1) is 0 Å². The van der Waals surface area contributed by atoms with Crippen LogP contribution in [0.2, 0.25) is 0 Å². The minimum Gasteiger partial charge on any atom is -0.0654 e. The van der Waals surface area contributed by atoms with E-state index in [0.29, 0.717) is 0 Å². The third-order valence-electron chi connectivity index (χ3n) is 0.957. The zero-order valence-corrected chi connectivity index (χ0v) is 7.42. The van der Waals surface area contributed by atoms with E-state index in [-0.39, 0.29) is 21.1 Å². The van der Waals surface area contributed by atoms with E-state index in [1.165, 1.54) is 25.7 Å². The molecular weight excluding hydrogens is 267 g/mol. The van der Waals surface area contributed by atoms with Crippen LogP contribution in [-0.2, 0) is 21.1 Å². The largest absolute Gasteiger partial charge is 2.00 e. The van der Waals surface area contributed by atoms with Crippen LogP contribution in [0.4, 0.5) is 0 Å². The van der Waals surface area contributed by atoms with E-state index in [4.69, 9.17) is 0 Å². The molecule has 0 spiro atoms. The average molecular weight is 281 g/mol. The minimum atomic E-state index is 0. The molecule has 0 saturated heterocycles. The van der Waals surface area contributed by atoms with Gasteiger partial charge in [0, 0.05) is 0 Å². The molecule has 0 aromatic carbocycles. The number of rotatable bonds is 3. The van der Waals surface area contributed by atoms with Crippen molar-refractivity contribution in [3.63, 3.8) is 0 Å². The van der Waals surface area contributed by atoms with Crippen molar-refractivity contribution >= 4 is 0 Å². The SMILES string of the molecule is CCCCCC.[Pt+2]. The van der Waals surface area contributed by atoms with Gasteiger partial charge >= 0.3 is 21.1 Å². The molecule has 0 aromatic rings. The van der Waals surface area contributed by atoms with Gasteiger partial charge in [0.15, 0.2) is 0 Å². The molecule has 0 unspecified atom stereocenters. The molecule has 0 aliphatic rings. The van der Waals surface area contributed by atoms with Crippen molar-refractivity contribution < 1.29 is 21.1 Å². The van der Waals surface area contributed by atoms with Crippen molar-refractivity contribution in [2.24, 2.45) is 0 Å². The van der Waals surface area contributed by atoms with Gasteiger partial charge in [-0.1, -0.05) is 39.5 Å². The van der Waals surface area contributed by atoms with Crippen LogP contribution < -0.4 is 0 Å². The second-order valence-electron chi connectivity index (χ2n) is 1.71. The van der Waals surface area contributed by atoms with Gasteiger partial charge in [0.25, 0.3) is 0 Å². The molecule has 0 aliphatic carbocycles. The average Bonchev–Trinajstić information content (AvgIpc) is 1.61.